The summed E-state index contributed by atoms with van der Waals surface area (Å²) in [5.41, 5.74) is 0. The highest BCUT2D eigenvalue weighted by Crippen LogP contribution is 2.55. The van der Waals surface area contributed by atoms with Crippen molar-refractivity contribution >= 4 is 23.2 Å². The first kappa shape index (κ1) is 16.4. The molecule has 24 heavy (non-hydrogen) atoms. The molecule has 0 saturated heterocycles. The Bertz CT molecular complexity index is 693. The third-order valence-corrected chi connectivity index (χ3v) is 8.54. The number of rotatable bonds is 6. The number of allylic oxidation sites excluding steroid dienone is 3. The molecular weight excluding hydrogens is 307 g/mol. The molecule has 0 radical (unpaired) electrons. The van der Waals surface area contributed by atoms with Crippen LogP contribution in [0.3, 0.4) is 0 Å². The lowest BCUT2D eigenvalue weighted by atomic mass is 10.4. The van der Waals surface area contributed by atoms with Gasteiger partial charge in [-0.05, 0) is 42.5 Å². The van der Waals surface area contributed by atoms with E-state index < -0.39 is 7.26 Å². The van der Waals surface area contributed by atoms with Crippen LogP contribution in [0.1, 0.15) is 0 Å². The molecule has 0 spiro atoms. The van der Waals surface area contributed by atoms with Crippen LogP contribution in [0.25, 0.3) is 0 Å². The minimum absolute atomic E-state index is 0.997. The van der Waals surface area contributed by atoms with Gasteiger partial charge in [0.1, 0.15) is 23.2 Å². The van der Waals surface area contributed by atoms with Crippen molar-refractivity contribution in [2.75, 3.05) is 6.16 Å². The predicted octanol–water partition coefficient (Wildman–Crippen LogP) is 4.72. The van der Waals surface area contributed by atoms with Crippen LogP contribution in [0.2, 0.25) is 0 Å². The van der Waals surface area contributed by atoms with Crippen molar-refractivity contribution in [1.82, 2.24) is 0 Å². The maximum Gasteiger partial charge on any atom is 0.115 e. The summed E-state index contributed by atoms with van der Waals surface area (Å²) in [5.74, 6) is 0. The monoisotopic (exact) mass is 329 g/mol. The molecule has 0 atom stereocenters. The lowest BCUT2D eigenvalue weighted by Crippen LogP contribution is -2.32. The standard InChI is InChI=1S/C23H22P/c1-2-3-13-20-24(21-14-7-4-8-15-21,22-16-9-5-10-17-22)23-18-11-6-12-19-23/h2-19H,1,20H2/q+1/b13-3+. The van der Waals surface area contributed by atoms with E-state index >= 15 is 0 Å². The fourth-order valence-electron chi connectivity index (χ4n) is 3.13. The summed E-state index contributed by atoms with van der Waals surface area (Å²) in [5, 5.41) is 4.24. The van der Waals surface area contributed by atoms with Crippen molar-refractivity contribution in [3.05, 3.63) is 116 Å². The molecule has 118 valence electrons. The Kier molecular flexibility index (Phi) is 5.41. The first-order valence-electron chi connectivity index (χ1n) is 8.20. The second-order valence-corrected chi connectivity index (χ2v) is 9.20. The summed E-state index contributed by atoms with van der Waals surface area (Å²) in [7, 11) is -1.72. The van der Waals surface area contributed by atoms with Gasteiger partial charge in [-0.15, -0.1) is 0 Å². The molecule has 0 saturated carbocycles. The number of benzene rings is 3. The van der Waals surface area contributed by atoms with Crippen LogP contribution in [0.15, 0.2) is 116 Å². The van der Waals surface area contributed by atoms with Gasteiger partial charge in [0.05, 0.1) is 6.16 Å². The molecule has 0 aliphatic heterocycles. The van der Waals surface area contributed by atoms with Crippen molar-refractivity contribution in [2.24, 2.45) is 0 Å². The molecule has 3 aromatic carbocycles. The Morgan fingerprint density at radius 1 is 0.625 bits per heavy atom. The molecule has 0 bridgehead atoms. The van der Waals surface area contributed by atoms with Crippen molar-refractivity contribution in [1.29, 1.82) is 0 Å². The van der Waals surface area contributed by atoms with Crippen LogP contribution in [-0.2, 0) is 0 Å². The van der Waals surface area contributed by atoms with E-state index in [4.69, 9.17) is 0 Å². The zero-order chi connectivity index (χ0) is 16.7. The van der Waals surface area contributed by atoms with Gasteiger partial charge in [0, 0.05) is 0 Å². The first-order chi connectivity index (χ1) is 11.9. The zero-order valence-electron chi connectivity index (χ0n) is 13.8. The number of hydrogen-bond acceptors (Lipinski definition) is 0. The van der Waals surface area contributed by atoms with Gasteiger partial charge in [-0.3, -0.25) is 0 Å². The Morgan fingerprint density at radius 2 is 1.00 bits per heavy atom. The molecule has 0 aromatic heterocycles. The summed E-state index contributed by atoms with van der Waals surface area (Å²) in [6, 6.07) is 32.8. The lowest BCUT2D eigenvalue weighted by molar-refractivity contribution is 1.65. The van der Waals surface area contributed by atoms with Gasteiger partial charge in [0.15, 0.2) is 0 Å². The van der Waals surface area contributed by atoms with Gasteiger partial charge in [-0.1, -0.05) is 73.3 Å². The van der Waals surface area contributed by atoms with E-state index in [0.29, 0.717) is 0 Å². The van der Waals surface area contributed by atoms with E-state index in [1.807, 2.05) is 6.08 Å². The summed E-state index contributed by atoms with van der Waals surface area (Å²) < 4.78 is 0. The van der Waals surface area contributed by atoms with E-state index in [-0.39, 0.29) is 0 Å². The maximum atomic E-state index is 3.82. The average molecular weight is 329 g/mol. The third-order valence-electron chi connectivity index (χ3n) is 4.24. The van der Waals surface area contributed by atoms with Crippen LogP contribution in [0.5, 0.6) is 0 Å². The van der Waals surface area contributed by atoms with Gasteiger partial charge in [0.2, 0.25) is 0 Å². The average Bonchev–Trinajstić information content (AvgIpc) is 2.68. The van der Waals surface area contributed by atoms with E-state index in [0.717, 1.165) is 6.16 Å². The second kappa shape index (κ2) is 7.90. The fraction of sp³-hybridized carbons (Fsp3) is 0.0435. The summed E-state index contributed by atoms with van der Waals surface area (Å²) in [6.07, 6.45) is 7.17. The summed E-state index contributed by atoms with van der Waals surface area (Å²) in [6.45, 7) is 3.82. The normalized spacial score (nSPS) is 11.5. The molecular formula is C23H22P+. The van der Waals surface area contributed by atoms with Crippen LogP contribution in [0.4, 0.5) is 0 Å². The van der Waals surface area contributed by atoms with E-state index in [1.165, 1.54) is 15.9 Å². The highest BCUT2D eigenvalue weighted by atomic mass is 31.2. The van der Waals surface area contributed by atoms with Crippen LogP contribution >= 0.6 is 7.26 Å². The fourth-order valence-corrected chi connectivity index (χ4v) is 7.13. The Hall–Kier alpha value is -2.43. The third kappa shape index (κ3) is 3.25. The van der Waals surface area contributed by atoms with Crippen LogP contribution < -0.4 is 15.9 Å². The van der Waals surface area contributed by atoms with Gasteiger partial charge in [0.25, 0.3) is 0 Å². The number of hydrogen-bond donors (Lipinski definition) is 0. The Morgan fingerprint density at radius 3 is 1.33 bits per heavy atom. The molecule has 0 fully saturated rings. The summed E-state index contributed by atoms with van der Waals surface area (Å²) >= 11 is 0. The van der Waals surface area contributed by atoms with Crippen LogP contribution in [0, 0.1) is 0 Å². The SMILES string of the molecule is C=C/C=C/C[P+](c1ccccc1)(c1ccccc1)c1ccccc1. The molecule has 1 heteroatoms. The molecule has 0 nitrogen and oxygen atoms in total. The smallest absolute Gasteiger partial charge is 0.0991 e. The predicted molar refractivity (Wildman–Crippen MR) is 109 cm³/mol. The van der Waals surface area contributed by atoms with Gasteiger partial charge in [-0.2, -0.15) is 0 Å². The molecule has 0 unspecified atom stereocenters. The quantitative estimate of drug-likeness (QED) is 0.453. The highest BCUT2D eigenvalue weighted by molar-refractivity contribution is 7.95. The Labute approximate surface area is 145 Å². The van der Waals surface area contributed by atoms with Crippen molar-refractivity contribution < 1.29 is 0 Å². The largest absolute Gasteiger partial charge is 0.115 e. The highest BCUT2D eigenvalue weighted by Gasteiger charge is 2.43. The molecule has 0 aliphatic rings. The molecule has 0 aliphatic carbocycles. The molecule has 0 heterocycles. The zero-order valence-corrected chi connectivity index (χ0v) is 14.6. The van der Waals surface area contributed by atoms with Gasteiger partial charge in [-0.25, -0.2) is 0 Å². The van der Waals surface area contributed by atoms with E-state index in [2.05, 4.69) is 110 Å². The molecule has 3 aromatic rings. The minimum Gasteiger partial charge on any atom is -0.0991 e. The maximum absolute atomic E-state index is 3.82. The topological polar surface area (TPSA) is 0 Å². The van der Waals surface area contributed by atoms with E-state index in [9.17, 15) is 0 Å². The van der Waals surface area contributed by atoms with E-state index in [1.54, 1.807) is 0 Å². The van der Waals surface area contributed by atoms with Gasteiger partial charge < -0.3 is 0 Å². The first-order valence-corrected chi connectivity index (χ1v) is 10.2. The minimum atomic E-state index is -1.72. The van der Waals surface area contributed by atoms with Crippen molar-refractivity contribution in [3.8, 4) is 0 Å². The van der Waals surface area contributed by atoms with Crippen molar-refractivity contribution in [3.63, 3.8) is 0 Å². The molecule has 3 rings (SSSR count). The second-order valence-electron chi connectivity index (χ2n) is 5.66. The summed E-state index contributed by atoms with van der Waals surface area (Å²) in [4.78, 5) is 0. The molecule has 0 amide bonds. The van der Waals surface area contributed by atoms with Crippen LogP contribution in [-0.4, -0.2) is 6.16 Å². The molecule has 0 N–H and O–H groups in total. The lowest BCUT2D eigenvalue weighted by Gasteiger charge is -2.26. The Balaban J connectivity index is 2.28. The van der Waals surface area contributed by atoms with Gasteiger partial charge >= 0.3 is 0 Å². The van der Waals surface area contributed by atoms with Crippen molar-refractivity contribution in [2.45, 2.75) is 0 Å².